The van der Waals surface area contributed by atoms with Crippen molar-refractivity contribution in [2.24, 2.45) is 0 Å². The zero-order valence-corrected chi connectivity index (χ0v) is 13.0. The Balaban J connectivity index is 2.61. The molecule has 112 valence electrons. The summed E-state index contributed by atoms with van der Waals surface area (Å²) in [7, 11) is 3.18. The maximum absolute atomic E-state index is 11.3. The summed E-state index contributed by atoms with van der Waals surface area (Å²) in [6.45, 7) is 6.09. The first-order valence-corrected chi connectivity index (χ1v) is 6.68. The van der Waals surface area contributed by atoms with Gasteiger partial charge in [0.1, 0.15) is 17.2 Å². The number of benzene rings is 1. The zero-order chi connectivity index (χ0) is 15.6. The Bertz CT molecular complexity index is 654. The molecule has 1 aromatic carbocycles. The number of aldehydes is 1. The van der Waals surface area contributed by atoms with Crippen molar-refractivity contribution in [2.45, 2.75) is 26.3 Å². The predicted octanol–water partition coefficient (Wildman–Crippen LogP) is 3.13. The summed E-state index contributed by atoms with van der Waals surface area (Å²) in [6.07, 6.45) is 2.57. The molecule has 0 spiro atoms. The molecule has 0 aliphatic carbocycles. The minimum absolute atomic E-state index is 0.199. The highest BCUT2D eigenvalue weighted by Gasteiger charge is 2.20. The fraction of sp³-hybridized carbons (Fsp3) is 0.375. The number of hydrogen-bond donors (Lipinski definition) is 0. The highest BCUT2D eigenvalue weighted by Crippen LogP contribution is 2.34. The van der Waals surface area contributed by atoms with Gasteiger partial charge in [0.25, 0.3) is 0 Å². The molecule has 1 aromatic heterocycles. The number of carbonyl (C=O) groups excluding carboxylic acids is 1. The summed E-state index contributed by atoms with van der Waals surface area (Å²) < 4.78 is 12.4. The number of hydrogen-bond acceptors (Lipinski definition) is 4. The zero-order valence-electron chi connectivity index (χ0n) is 13.0. The Hall–Kier alpha value is -2.30. The average Bonchev–Trinajstić information content (AvgIpc) is 2.90. The van der Waals surface area contributed by atoms with Crippen LogP contribution in [0.1, 0.15) is 31.1 Å². The first-order chi connectivity index (χ1) is 9.90. The summed E-state index contributed by atoms with van der Waals surface area (Å²) in [5, 5.41) is 4.55. The van der Waals surface area contributed by atoms with E-state index in [0.29, 0.717) is 22.8 Å². The van der Waals surface area contributed by atoms with Gasteiger partial charge in [-0.25, -0.2) is 0 Å². The van der Waals surface area contributed by atoms with Gasteiger partial charge in [0.2, 0.25) is 0 Å². The number of methoxy groups -OCH3 is 2. The summed E-state index contributed by atoms with van der Waals surface area (Å²) in [4.78, 5) is 11.3. The molecule has 0 aliphatic rings. The maximum atomic E-state index is 11.3. The normalized spacial score (nSPS) is 11.3. The molecule has 0 saturated heterocycles. The van der Waals surface area contributed by atoms with E-state index in [0.717, 1.165) is 11.8 Å². The van der Waals surface area contributed by atoms with Crippen LogP contribution in [0.15, 0.2) is 24.4 Å². The van der Waals surface area contributed by atoms with E-state index in [-0.39, 0.29) is 5.54 Å². The van der Waals surface area contributed by atoms with E-state index < -0.39 is 0 Å². The van der Waals surface area contributed by atoms with Crippen molar-refractivity contribution >= 4 is 6.29 Å². The smallest absolute Gasteiger partial charge is 0.153 e. The highest BCUT2D eigenvalue weighted by atomic mass is 16.5. The highest BCUT2D eigenvalue weighted by molar-refractivity contribution is 5.87. The molecule has 0 N–H and O–H groups in total. The molecule has 0 bridgehead atoms. The van der Waals surface area contributed by atoms with Gasteiger partial charge in [-0.05, 0) is 32.9 Å². The second kappa shape index (κ2) is 5.60. The van der Waals surface area contributed by atoms with Crippen molar-refractivity contribution in [3.8, 4) is 22.8 Å². The topological polar surface area (TPSA) is 53.4 Å². The number of ether oxygens (including phenoxy) is 2. The van der Waals surface area contributed by atoms with Crippen molar-refractivity contribution in [2.75, 3.05) is 14.2 Å². The lowest BCUT2D eigenvalue weighted by molar-refractivity contribution is 0.112. The van der Waals surface area contributed by atoms with E-state index >= 15 is 0 Å². The standard InChI is InChI=1S/C16H20N2O3/c1-16(2,3)18-9-11(10-19)15(17-18)13-7-6-12(20-4)8-14(13)21-5/h6-10H,1-5H3. The van der Waals surface area contributed by atoms with Crippen LogP contribution in [0, 0.1) is 0 Å². The molecule has 2 rings (SSSR count). The van der Waals surface area contributed by atoms with Gasteiger partial charge in [0.15, 0.2) is 6.29 Å². The Kier molecular flexibility index (Phi) is 4.02. The summed E-state index contributed by atoms with van der Waals surface area (Å²) in [5.41, 5.74) is 1.71. The van der Waals surface area contributed by atoms with Crippen molar-refractivity contribution in [3.63, 3.8) is 0 Å². The van der Waals surface area contributed by atoms with E-state index in [1.807, 2.05) is 32.9 Å². The first-order valence-electron chi connectivity index (χ1n) is 6.68. The largest absolute Gasteiger partial charge is 0.497 e. The SMILES string of the molecule is COc1ccc(-c2nn(C(C)(C)C)cc2C=O)c(OC)c1. The molecule has 0 atom stereocenters. The Morgan fingerprint density at radius 1 is 1.19 bits per heavy atom. The van der Waals surface area contributed by atoms with Gasteiger partial charge >= 0.3 is 0 Å². The second-order valence-corrected chi connectivity index (χ2v) is 5.73. The van der Waals surface area contributed by atoms with Crippen LogP contribution in [0.2, 0.25) is 0 Å². The molecule has 0 radical (unpaired) electrons. The molecule has 0 aliphatic heterocycles. The molecule has 21 heavy (non-hydrogen) atoms. The molecule has 5 heteroatoms. The van der Waals surface area contributed by atoms with Crippen LogP contribution in [-0.4, -0.2) is 30.3 Å². The minimum Gasteiger partial charge on any atom is -0.497 e. The number of carbonyl (C=O) groups is 1. The van der Waals surface area contributed by atoms with Crippen LogP contribution >= 0.6 is 0 Å². The monoisotopic (exact) mass is 288 g/mol. The Morgan fingerprint density at radius 3 is 2.43 bits per heavy atom. The first kappa shape index (κ1) is 15.1. The third kappa shape index (κ3) is 2.91. The average molecular weight is 288 g/mol. The van der Waals surface area contributed by atoms with Crippen molar-refractivity contribution in [3.05, 3.63) is 30.0 Å². The fourth-order valence-electron chi connectivity index (χ4n) is 2.02. The van der Waals surface area contributed by atoms with E-state index in [1.54, 1.807) is 31.2 Å². The minimum atomic E-state index is -0.199. The molecule has 1 heterocycles. The van der Waals surface area contributed by atoms with Crippen molar-refractivity contribution in [1.82, 2.24) is 9.78 Å². The van der Waals surface area contributed by atoms with E-state index in [4.69, 9.17) is 9.47 Å². The summed E-state index contributed by atoms with van der Waals surface area (Å²) in [5.74, 6) is 1.31. The van der Waals surface area contributed by atoms with Gasteiger partial charge in [-0.1, -0.05) is 0 Å². The van der Waals surface area contributed by atoms with Crippen molar-refractivity contribution in [1.29, 1.82) is 0 Å². The van der Waals surface area contributed by atoms with Gasteiger partial charge in [0.05, 0.1) is 25.3 Å². The van der Waals surface area contributed by atoms with Crippen LogP contribution in [0.5, 0.6) is 11.5 Å². The maximum Gasteiger partial charge on any atom is 0.153 e. The summed E-state index contributed by atoms with van der Waals surface area (Å²) in [6, 6.07) is 5.45. The van der Waals surface area contributed by atoms with Crippen LogP contribution < -0.4 is 9.47 Å². The quantitative estimate of drug-likeness (QED) is 0.811. The van der Waals surface area contributed by atoms with Crippen LogP contribution in [0.4, 0.5) is 0 Å². The van der Waals surface area contributed by atoms with Crippen molar-refractivity contribution < 1.29 is 14.3 Å². The van der Waals surface area contributed by atoms with Gasteiger partial charge in [-0.15, -0.1) is 0 Å². The van der Waals surface area contributed by atoms with Gasteiger partial charge in [-0.2, -0.15) is 5.10 Å². The third-order valence-corrected chi connectivity index (χ3v) is 3.22. The van der Waals surface area contributed by atoms with Gasteiger partial charge < -0.3 is 9.47 Å². The molecule has 0 fully saturated rings. The second-order valence-electron chi connectivity index (χ2n) is 5.73. The Morgan fingerprint density at radius 2 is 1.90 bits per heavy atom. The number of rotatable bonds is 4. The Labute approximate surface area is 124 Å². The van der Waals surface area contributed by atoms with Gasteiger partial charge in [0, 0.05) is 17.8 Å². The molecule has 0 unspecified atom stereocenters. The molecule has 2 aromatic rings. The van der Waals surface area contributed by atoms with E-state index in [1.165, 1.54) is 0 Å². The fourth-order valence-corrected chi connectivity index (χ4v) is 2.02. The van der Waals surface area contributed by atoms with Crippen LogP contribution in [0.25, 0.3) is 11.3 Å². The predicted molar refractivity (Wildman–Crippen MR) is 81.2 cm³/mol. The number of aromatic nitrogens is 2. The van der Waals surface area contributed by atoms with Gasteiger partial charge in [-0.3, -0.25) is 9.48 Å². The lowest BCUT2D eigenvalue weighted by Gasteiger charge is -2.18. The molecular weight excluding hydrogens is 268 g/mol. The summed E-state index contributed by atoms with van der Waals surface area (Å²) >= 11 is 0. The molecule has 0 saturated carbocycles. The van der Waals surface area contributed by atoms with E-state index in [2.05, 4.69) is 5.10 Å². The lowest BCUT2D eigenvalue weighted by Crippen LogP contribution is -2.22. The number of nitrogens with zero attached hydrogens (tertiary/aromatic N) is 2. The molecule has 5 nitrogen and oxygen atoms in total. The lowest BCUT2D eigenvalue weighted by atomic mass is 10.1. The van der Waals surface area contributed by atoms with Crippen LogP contribution in [0.3, 0.4) is 0 Å². The molecular formula is C16H20N2O3. The van der Waals surface area contributed by atoms with E-state index in [9.17, 15) is 4.79 Å². The molecule has 0 amide bonds. The third-order valence-electron chi connectivity index (χ3n) is 3.22. The van der Waals surface area contributed by atoms with Crippen LogP contribution in [-0.2, 0) is 5.54 Å².